The molecule has 0 spiro atoms. The lowest BCUT2D eigenvalue weighted by atomic mass is 10.1. The second kappa shape index (κ2) is 8.97. The Morgan fingerprint density at radius 1 is 0.960 bits per heavy atom. The Balaban J connectivity index is 2.19. The van der Waals surface area contributed by atoms with Crippen molar-refractivity contribution in [1.82, 2.24) is 4.90 Å². The summed E-state index contributed by atoms with van der Waals surface area (Å²) in [5.74, 6) is 1.96. The van der Waals surface area contributed by atoms with Crippen LogP contribution in [0.4, 0.5) is 0 Å². The molecule has 0 unspecified atom stereocenters. The molecular weight excluding hydrogens is 318 g/mol. The van der Waals surface area contributed by atoms with E-state index in [0.717, 1.165) is 11.3 Å². The zero-order valence-corrected chi connectivity index (χ0v) is 15.2. The number of carbonyl (C=O) groups excluding carboxylic acids is 1. The molecule has 0 aliphatic carbocycles. The predicted molar refractivity (Wildman–Crippen MR) is 97.6 cm³/mol. The molecule has 0 bridgehead atoms. The summed E-state index contributed by atoms with van der Waals surface area (Å²) < 4.78 is 16.0. The molecule has 134 valence electrons. The number of carbonyl (C=O) groups is 1. The third-order valence-electron chi connectivity index (χ3n) is 3.91. The van der Waals surface area contributed by atoms with Crippen LogP contribution in [-0.2, 0) is 6.54 Å². The first-order valence-corrected chi connectivity index (χ1v) is 8.35. The van der Waals surface area contributed by atoms with Gasteiger partial charge in [0.05, 0.1) is 20.8 Å². The maximum Gasteiger partial charge on any atom is 0.254 e. The van der Waals surface area contributed by atoms with Crippen LogP contribution >= 0.6 is 0 Å². The molecule has 5 nitrogen and oxygen atoms in total. The van der Waals surface area contributed by atoms with E-state index in [0.29, 0.717) is 36.8 Å². The van der Waals surface area contributed by atoms with Gasteiger partial charge in [0, 0.05) is 18.7 Å². The van der Waals surface area contributed by atoms with Gasteiger partial charge in [0.15, 0.2) is 11.5 Å². The average Bonchev–Trinajstić information content (AvgIpc) is 2.66. The van der Waals surface area contributed by atoms with E-state index in [1.165, 1.54) is 0 Å². The standard InChI is InChI=1S/C20H25NO4/c1-5-21(14-15-7-10-17(23-3)11-8-15)20(22)16-9-12-18(24-4)19(13-16)25-6-2/h7-13H,5-6,14H2,1-4H3. The molecule has 25 heavy (non-hydrogen) atoms. The van der Waals surface area contributed by atoms with Crippen LogP contribution in [0.25, 0.3) is 0 Å². The van der Waals surface area contributed by atoms with Gasteiger partial charge < -0.3 is 19.1 Å². The monoisotopic (exact) mass is 343 g/mol. The number of amides is 1. The third-order valence-corrected chi connectivity index (χ3v) is 3.91. The lowest BCUT2D eigenvalue weighted by Crippen LogP contribution is -2.30. The normalized spacial score (nSPS) is 10.2. The molecule has 0 saturated carbocycles. The molecule has 0 heterocycles. The maximum atomic E-state index is 12.9. The summed E-state index contributed by atoms with van der Waals surface area (Å²) in [7, 11) is 3.22. The van der Waals surface area contributed by atoms with Crippen LogP contribution in [0.5, 0.6) is 17.2 Å². The Labute approximate surface area is 149 Å². The molecular formula is C20H25NO4. The van der Waals surface area contributed by atoms with Crippen LogP contribution in [0, 0.1) is 0 Å². The summed E-state index contributed by atoms with van der Waals surface area (Å²) in [6.45, 7) is 5.53. The highest BCUT2D eigenvalue weighted by molar-refractivity contribution is 5.94. The summed E-state index contributed by atoms with van der Waals surface area (Å²) in [4.78, 5) is 14.7. The number of benzene rings is 2. The van der Waals surface area contributed by atoms with E-state index in [-0.39, 0.29) is 5.91 Å². The zero-order chi connectivity index (χ0) is 18.2. The van der Waals surface area contributed by atoms with Gasteiger partial charge in [-0.15, -0.1) is 0 Å². The van der Waals surface area contributed by atoms with Crippen molar-refractivity contribution in [2.75, 3.05) is 27.4 Å². The van der Waals surface area contributed by atoms with Gasteiger partial charge >= 0.3 is 0 Å². The fraction of sp³-hybridized carbons (Fsp3) is 0.350. The SMILES string of the molecule is CCOc1cc(C(=O)N(CC)Cc2ccc(OC)cc2)ccc1OC. The largest absolute Gasteiger partial charge is 0.497 e. The van der Waals surface area contributed by atoms with Gasteiger partial charge in [-0.3, -0.25) is 4.79 Å². The minimum absolute atomic E-state index is 0.0399. The molecule has 0 N–H and O–H groups in total. The Morgan fingerprint density at radius 3 is 2.24 bits per heavy atom. The van der Waals surface area contributed by atoms with Crippen molar-refractivity contribution in [3.8, 4) is 17.2 Å². The lowest BCUT2D eigenvalue weighted by molar-refractivity contribution is 0.0752. The fourth-order valence-corrected chi connectivity index (χ4v) is 2.54. The number of ether oxygens (including phenoxy) is 3. The Kier molecular flexibility index (Phi) is 6.69. The highest BCUT2D eigenvalue weighted by Gasteiger charge is 2.17. The minimum Gasteiger partial charge on any atom is -0.497 e. The van der Waals surface area contributed by atoms with Crippen molar-refractivity contribution in [2.24, 2.45) is 0 Å². The van der Waals surface area contributed by atoms with E-state index in [1.807, 2.05) is 38.1 Å². The quantitative estimate of drug-likeness (QED) is 0.732. The van der Waals surface area contributed by atoms with Crippen LogP contribution in [0.2, 0.25) is 0 Å². The smallest absolute Gasteiger partial charge is 0.254 e. The summed E-state index contributed by atoms with van der Waals surface area (Å²) in [5, 5.41) is 0. The molecule has 2 aromatic carbocycles. The van der Waals surface area contributed by atoms with Gasteiger partial charge in [-0.1, -0.05) is 12.1 Å². The molecule has 1 amide bonds. The Hall–Kier alpha value is -2.69. The Bertz CT molecular complexity index is 697. The molecule has 2 rings (SSSR count). The van der Waals surface area contributed by atoms with Crippen molar-refractivity contribution >= 4 is 5.91 Å². The zero-order valence-electron chi connectivity index (χ0n) is 15.2. The number of methoxy groups -OCH3 is 2. The van der Waals surface area contributed by atoms with E-state index in [2.05, 4.69) is 0 Å². The minimum atomic E-state index is -0.0399. The number of nitrogens with zero attached hydrogens (tertiary/aromatic N) is 1. The van der Waals surface area contributed by atoms with Gasteiger partial charge in [-0.2, -0.15) is 0 Å². The average molecular weight is 343 g/mol. The summed E-state index contributed by atoms with van der Waals surface area (Å²) in [6.07, 6.45) is 0. The first-order chi connectivity index (χ1) is 12.1. The molecule has 0 fully saturated rings. The molecule has 0 radical (unpaired) electrons. The van der Waals surface area contributed by atoms with E-state index >= 15 is 0 Å². The van der Waals surface area contributed by atoms with Gasteiger partial charge in [-0.05, 0) is 49.7 Å². The van der Waals surface area contributed by atoms with E-state index in [1.54, 1.807) is 37.3 Å². The first-order valence-electron chi connectivity index (χ1n) is 8.35. The van der Waals surface area contributed by atoms with Crippen molar-refractivity contribution in [3.05, 3.63) is 53.6 Å². The molecule has 2 aromatic rings. The lowest BCUT2D eigenvalue weighted by Gasteiger charge is -2.22. The van der Waals surface area contributed by atoms with Crippen LogP contribution in [0.1, 0.15) is 29.8 Å². The summed E-state index contributed by atoms with van der Waals surface area (Å²) in [6, 6.07) is 13.0. The van der Waals surface area contributed by atoms with Crippen molar-refractivity contribution in [3.63, 3.8) is 0 Å². The second-order valence-corrected chi connectivity index (χ2v) is 5.47. The van der Waals surface area contributed by atoms with E-state index in [9.17, 15) is 4.79 Å². The fourth-order valence-electron chi connectivity index (χ4n) is 2.54. The van der Waals surface area contributed by atoms with Gasteiger partial charge in [-0.25, -0.2) is 0 Å². The highest BCUT2D eigenvalue weighted by Crippen LogP contribution is 2.28. The topological polar surface area (TPSA) is 48.0 Å². The molecule has 0 aromatic heterocycles. The molecule has 0 aliphatic heterocycles. The van der Waals surface area contributed by atoms with Gasteiger partial charge in [0.25, 0.3) is 5.91 Å². The second-order valence-electron chi connectivity index (χ2n) is 5.47. The molecule has 0 saturated heterocycles. The van der Waals surface area contributed by atoms with Gasteiger partial charge in [0.2, 0.25) is 0 Å². The predicted octanol–water partition coefficient (Wildman–Crippen LogP) is 3.76. The van der Waals surface area contributed by atoms with Crippen molar-refractivity contribution in [2.45, 2.75) is 20.4 Å². The van der Waals surface area contributed by atoms with Gasteiger partial charge in [0.1, 0.15) is 5.75 Å². The van der Waals surface area contributed by atoms with E-state index < -0.39 is 0 Å². The maximum absolute atomic E-state index is 12.9. The first kappa shape index (κ1) is 18.6. The summed E-state index contributed by atoms with van der Waals surface area (Å²) in [5.41, 5.74) is 1.63. The Morgan fingerprint density at radius 2 is 1.68 bits per heavy atom. The molecule has 0 aliphatic rings. The number of hydrogen-bond donors (Lipinski definition) is 0. The van der Waals surface area contributed by atoms with Crippen LogP contribution < -0.4 is 14.2 Å². The van der Waals surface area contributed by atoms with Crippen LogP contribution in [0.15, 0.2) is 42.5 Å². The number of hydrogen-bond acceptors (Lipinski definition) is 4. The van der Waals surface area contributed by atoms with Crippen molar-refractivity contribution in [1.29, 1.82) is 0 Å². The highest BCUT2D eigenvalue weighted by atomic mass is 16.5. The molecule has 0 atom stereocenters. The van der Waals surface area contributed by atoms with Crippen molar-refractivity contribution < 1.29 is 19.0 Å². The molecule has 5 heteroatoms. The van der Waals surface area contributed by atoms with Crippen LogP contribution in [-0.4, -0.2) is 38.2 Å². The van der Waals surface area contributed by atoms with E-state index in [4.69, 9.17) is 14.2 Å². The number of rotatable bonds is 8. The van der Waals surface area contributed by atoms with Crippen LogP contribution in [0.3, 0.4) is 0 Å². The summed E-state index contributed by atoms with van der Waals surface area (Å²) >= 11 is 0. The third kappa shape index (κ3) is 4.66.